The lowest BCUT2D eigenvalue weighted by molar-refractivity contribution is 0.476. The third-order valence-corrected chi connectivity index (χ3v) is 3.08. The van der Waals surface area contributed by atoms with Crippen LogP contribution in [0, 0.1) is 0 Å². The van der Waals surface area contributed by atoms with Gasteiger partial charge in [0, 0.05) is 11.6 Å². The first kappa shape index (κ1) is 10.9. The van der Waals surface area contributed by atoms with Crippen LogP contribution in [0.5, 0.6) is 5.75 Å². The summed E-state index contributed by atoms with van der Waals surface area (Å²) in [5, 5.41) is 9.93. The average molecular weight is 260 g/mol. The molecule has 1 aromatic heterocycles. The van der Waals surface area contributed by atoms with Crippen molar-refractivity contribution in [2.75, 3.05) is 5.73 Å². The fraction of sp³-hybridized carbons (Fsp3) is 0. The van der Waals surface area contributed by atoms with Crippen molar-refractivity contribution in [1.29, 1.82) is 0 Å². The lowest BCUT2D eigenvalue weighted by Gasteiger charge is -2.00. The summed E-state index contributed by atoms with van der Waals surface area (Å²) in [5.74, 6) is 0.896. The number of hydrogen-bond acceptors (Lipinski definition) is 3. The topological polar surface area (TPSA) is 74.9 Å². The molecule has 0 fully saturated rings. The number of nitrogens with two attached hydrogens (primary N) is 1. The van der Waals surface area contributed by atoms with Crippen molar-refractivity contribution in [2.45, 2.75) is 0 Å². The minimum atomic E-state index is 0.202. The van der Waals surface area contributed by atoms with Gasteiger partial charge >= 0.3 is 0 Å². The number of anilines is 1. The number of nitrogen functional groups attached to an aromatic ring is 1. The zero-order chi connectivity index (χ0) is 12.7. The zero-order valence-electron chi connectivity index (χ0n) is 9.31. The molecular weight excluding hydrogens is 250 g/mol. The Balaban J connectivity index is 2.16. The van der Waals surface area contributed by atoms with Crippen molar-refractivity contribution in [3.63, 3.8) is 0 Å². The third-order valence-electron chi connectivity index (χ3n) is 2.73. The monoisotopic (exact) mass is 259 g/mol. The van der Waals surface area contributed by atoms with Gasteiger partial charge < -0.3 is 15.8 Å². The van der Waals surface area contributed by atoms with E-state index in [1.54, 1.807) is 30.3 Å². The van der Waals surface area contributed by atoms with Gasteiger partial charge in [-0.15, -0.1) is 0 Å². The van der Waals surface area contributed by atoms with Gasteiger partial charge in [0.15, 0.2) is 0 Å². The molecule has 0 saturated heterocycles. The molecule has 0 bridgehead atoms. The predicted molar refractivity (Wildman–Crippen MR) is 72.6 cm³/mol. The van der Waals surface area contributed by atoms with E-state index < -0.39 is 0 Å². The minimum Gasteiger partial charge on any atom is -0.508 e. The first-order valence-corrected chi connectivity index (χ1v) is 5.75. The predicted octanol–water partition coefficient (Wildman–Crippen LogP) is 3.17. The molecule has 0 atom stereocenters. The summed E-state index contributed by atoms with van der Waals surface area (Å²) in [4.78, 5) is 7.56. The molecule has 18 heavy (non-hydrogen) atoms. The Morgan fingerprint density at radius 2 is 2.00 bits per heavy atom. The molecule has 4 N–H and O–H groups in total. The van der Waals surface area contributed by atoms with Gasteiger partial charge in [-0.3, -0.25) is 0 Å². The number of nitrogens with zero attached hydrogens (tertiary/aromatic N) is 1. The number of halogens is 1. The molecule has 90 valence electrons. The van der Waals surface area contributed by atoms with Crippen molar-refractivity contribution in [1.82, 2.24) is 9.97 Å². The molecule has 0 saturated carbocycles. The van der Waals surface area contributed by atoms with Crippen LogP contribution in [0.2, 0.25) is 5.02 Å². The summed E-state index contributed by atoms with van der Waals surface area (Å²) in [6, 6.07) is 10.3. The number of imidazole rings is 1. The van der Waals surface area contributed by atoms with Crippen LogP contribution >= 0.6 is 11.6 Å². The van der Waals surface area contributed by atoms with E-state index in [4.69, 9.17) is 17.3 Å². The van der Waals surface area contributed by atoms with Crippen molar-refractivity contribution in [3.05, 3.63) is 41.4 Å². The van der Waals surface area contributed by atoms with Crippen LogP contribution in [0.3, 0.4) is 0 Å². The number of nitrogens with one attached hydrogen (secondary N) is 1. The second kappa shape index (κ2) is 3.92. The second-order valence-corrected chi connectivity index (χ2v) is 4.43. The highest BCUT2D eigenvalue weighted by Gasteiger charge is 2.07. The van der Waals surface area contributed by atoms with Gasteiger partial charge in [-0.25, -0.2) is 4.98 Å². The normalized spacial score (nSPS) is 10.9. The summed E-state index contributed by atoms with van der Waals surface area (Å²) in [6.07, 6.45) is 0. The van der Waals surface area contributed by atoms with E-state index in [2.05, 4.69) is 9.97 Å². The van der Waals surface area contributed by atoms with E-state index in [1.807, 2.05) is 6.07 Å². The number of phenols is 1. The molecule has 3 rings (SSSR count). The van der Waals surface area contributed by atoms with Gasteiger partial charge in [-0.1, -0.05) is 11.6 Å². The smallest absolute Gasteiger partial charge is 0.138 e. The molecule has 5 heteroatoms. The first-order chi connectivity index (χ1) is 8.63. The molecule has 2 aromatic carbocycles. The molecule has 1 heterocycles. The molecule has 0 aliphatic carbocycles. The third kappa shape index (κ3) is 1.76. The zero-order valence-corrected chi connectivity index (χ0v) is 10.1. The molecule has 0 amide bonds. The molecular formula is C13H10ClN3O. The fourth-order valence-electron chi connectivity index (χ4n) is 1.83. The number of aromatic nitrogens is 2. The van der Waals surface area contributed by atoms with E-state index in [-0.39, 0.29) is 5.75 Å². The molecule has 0 aliphatic heterocycles. The maximum absolute atomic E-state index is 9.41. The van der Waals surface area contributed by atoms with Gasteiger partial charge in [0.2, 0.25) is 0 Å². The van der Waals surface area contributed by atoms with E-state index in [0.717, 1.165) is 16.6 Å². The Morgan fingerprint density at radius 3 is 2.78 bits per heavy atom. The Hall–Kier alpha value is -2.20. The second-order valence-electron chi connectivity index (χ2n) is 4.02. The van der Waals surface area contributed by atoms with Crippen LogP contribution in [0.15, 0.2) is 36.4 Å². The molecule has 0 spiro atoms. The molecule has 3 aromatic rings. The van der Waals surface area contributed by atoms with Crippen LogP contribution in [0.1, 0.15) is 0 Å². The van der Waals surface area contributed by atoms with Gasteiger partial charge in [0.25, 0.3) is 0 Å². The number of aromatic hydroxyl groups is 1. The molecule has 4 nitrogen and oxygen atoms in total. The van der Waals surface area contributed by atoms with Crippen molar-refractivity contribution < 1.29 is 5.11 Å². The van der Waals surface area contributed by atoms with Crippen molar-refractivity contribution in [3.8, 4) is 17.1 Å². The largest absolute Gasteiger partial charge is 0.508 e. The Kier molecular flexibility index (Phi) is 2.38. The lowest BCUT2D eigenvalue weighted by Crippen LogP contribution is -1.88. The number of phenolic OH excluding ortho intramolecular Hbond substituents is 1. The van der Waals surface area contributed by atoms with Crippen LogP contribution in [-0.2, 0) is 0 Å². The quantitative estimate of drug-likeness (QED) is 0.588. The summed E-state index contributed by atoms with van der Waals surface area (Å²) in [5.41, 5.74) is 8.69. The minimum absolute atomic E-state index is 0.202. The highest BCUT2D eigenvalue weighted by Crippen LogP contribution is 2.27. The Bertz CT molecular complexity index is 736. The van der Waals surface area contributed by atoms with Crippen molar-refractivity contribution >= 4 is 28.3 Å². The Morgan fingerprint density at radius 1 is 1.17 bits per heavy atom. The molecule has 0 unspecified atom stereocenters. The SMILES string of the molecule is Nc1cc(-c2nc3ccc(O)cc3[nH]2)ccc1Cl. The summed E-state index contributed by atoms with van der Waals surface area (Å²) >= 11 is 5.88. The van der Waals surface area contributed by atoms with Gasteiger partial charge in [-0.2, -0.15) is 0 Å². The maximum Gasteiger partial charge on any atom is 0.138 e. The average Bonchev–Trinajstić information content (AvgIpc) is 2.75. The summed E-state index contributed by atoms with van der Waals surface area (Å²) in [6.45, 7) is 0. The van der Waals surface area contributed by atoms with Crippen LogP contribution < -0.4 is 5.73 Å². The standard InChI is InChI=1S/C13H10ClN3O/c14-9-3-1-7(5-10(9)15)13-16-11-4-2-8(18)6-12(11)17-13/h1-6,18H,15H2,(H,16,17). The van der Waals surface area contributed by atoms with Crippen LogP contribution in [0.4, 0.5) is 5.69 Å². The number of hydrogen-bond donors (Lipinski definition) is 3. The van der Waals surface area contributed by atoms with E-state index in [1.165, 1.54) is 0 Å². The summed E-state index contributed by atoms with van der Waals surface area (Å²) in [7, 11) is 0. The number of benzene rings is 2. The van der Waals surface area contributed by atoms with E-state index in [9.17, 15) is 5.11 Å². The maximum atomic E-state index is 9.41. The number of H-pyrrole nitrogens is 1. The highest BCUT2D eigenvalue weighted by molar-refractivity contribution is 6.33. The van der Waals surface area contributed by atoms with Crippen LogP contribution in [-0.4, -0.2) is 15.1 Å². The van der Waals surface area contributed by atoms with E-state index in [0.29, 0.717) is 16.5 Å². The lowest BCUT2D eigenvalue weighted by atomic mass is 10.2. The van der Waals surface area contributed by atoms with Crippen molar-refractivity contribution in [2.24, 2.45) is 0 Å². The first-order valence-electron chi connectivity index (χ1n) is 5.37. The summed E-state index contributed by atoms with van der Waals surface area (Å²) < 4.78 is 0. The number of aromatic amines is 1. The molecule has 0 radical (unpaired) electrons. The van der Waals surface area contributed by atoms with Gasteiger partial charge in [0.05, 0.1) is 21.7 Å². The van der Waals surface area contributed by atoms with E-state index >= 15 is 0 Å². The van der Waals surface area contributed by atoms with Gasteiger partial charge in [-0.05, 0) is 30.3 Å². The van der Waals surface area contributed by atoms with Gasteiger partial charge in [0.1, 0.15) is 11.6 Å². The molecule has 0 aliphatic rings. The number of rotatable bonds is 1. The fourth-order valence-corrected chi connectivity index (χ4v) is 1.94. The highest BCUT2D eigenvalue weighted by atomic mass is 35.5. The number of fused-ring (bicyclic) bond motifs is 1. The van der Waals surface area contributed by atoms with Crippen LogP contribution in [0.25, 0.3) is 22.4 Å². The Labute approximate surface area is 108 Å².